The number of aromatic nitrogens is 3. The largest absolute Gasteiger partial charge is 0.487 e. The van der Waals surface area contributed by atoms with Gasteiger partial charge in [-0.2, -0.15) is 5.10 Å². The number of rotatable bonds is 10. The lowest BCUT2D eigenvalue weighted by molar-refractivity contribution is -0.137. The summed E-state index contributed by atoms with van der Waals surface area (Å²) >= 11 is 3.23. The third-order valence-electron chi connectivity index (χ3n) is 5.46. The molecule has 0 amide bonds. The molecule has 0 fully saturated rings. The maximum atomic E-state index is 11.8. The highest BCUT2D eigenvalue weighted by molar-refractivity contribution is 7.13. The summed E-state index contributed by atoms with van der Waals surface area (Å²) < 4.78 is 12.9. The van der Waals surface area contributed by atoms with Gasteiger partial charge >= 0.3 is 5.97 Å². The van der Waals surface area contributed by atoms with Gasteiger partial charge in [0.2, 0.25) is 0 Å². The van der Waals surface area contributed by atoms with Gasteiger partial charge in [0, 0.05) is 28.8 Å². The van der Waals surface area contributed by atoms with Crippen molar-refractivity contribution in [3.8, 4) is 26.9 Å². The summed E-state index contributed by atoms with van der Waals surface area (Å²) in [6, 6.07) is 22.2. The number of thiazole rings is 1. The van der Waals surface area contributed by atoms with E-state index in [0.717, 1.165) is 43.7 Å². The van der Waals surface area contributed by atoms with E-state index < -0.39 is 0 Å². The van der Waals surface area contributed by atoms with Crippen molar-refractivity contribution in [3.05, 3.63) is 107 Å². The van der Waals surface area contributed by atoms with Crippen molar-refractivity contribution in [2.45, 2.75) is 20.1 Å². The highest BCUT2D eigenvalue weighted by Crippen LogP contribution is 2.28. The summed E-state index contributed by atoms with van der Waals surface area (Å²) in [5.41, 5.74) is 4.83. The van der Waals surface area contributed by atoms with Crippen LogP contribution < -0.4 is 4.74 Å². The Balaban J connectivity index is 1.23. The molecule has 2 aromatic carbocycles. The molecule has 37 heavy (non-hydrogen) atoms. The number of thiophene rings is 1. The van der Waals surface area contributed by atoms with Crippen LogP contribution >= 0.6 is 22.7 Å². The van der Waals surface area contributed by atoms with E-state index in [9.17, 15) is 4.79 Å². The second kappa shape index (κ2) is 11.8. The second-order valence-corrected chi connectivity index (χ2v) is 9.94. The zero-order valence-electron chi connectivity index (χ0n) is 20.2. The minimum atomic E-state index is -0.364. The maximum absolute atomic E-state index is 11.8. The van der Waals surface area contributed by atoms with Gasteiger partial charge in [-0.05, 0) is 42.1 Å². The molecule has 0 N–H and O–H groups in total. The molecule has 0 radical (unpaired) electrons. The van der Waals surface area contributed by atoms with Crippen LogP contribution in [-0.2, 0) is 22.7 Å². The Hall–Kier alpha value is -4.01. The molecule has 0 saturated carbocycles. The Bertz CT molecular complexity index is 1470. The van der Waals surface area contributed by atoms with Crippen LogP contribution in [-0.4, -0.2) is 27.3 Å². The highest BCUT2D eigenvalue weighted by Gasteiger charge is 2.12. The lowest BCUT2D eigenvalue weighted by Gasteiger charge is -2.06. The van der Waals surface area contributed by atoms with Crippen LogP contribution in [0.25, 0.3) is 27.2 Å². The summed E-state index contributed by atoms with van der Waals surface area (Å²) in [6.45, 7) is 3.15. The van der Waals surface area contributed by atoms with Crippen LogP contribution in [0.3, 0.4) is 0 Å². The van der Waals surface area contributed by atoms with E-state index in [1.807, 2.05) is 76.2 Å². The minimum Gasteiger partial charge on any atom is -0.487 e. The Morgan fingerprint density at radius 3 is 2.62 bits per heavy atom. The zero-order chi connectivity index (χ0) is 25.5. The molecular formula is C29H25N3O3S2. The van der Waals surface area contributed by atoms with Crippen molar-refractivity contribution in [2.75, 3.05) is 6.61 Å². The molecule has 186 valence electrons. The van der Waals surface area contributed by atoms with E-state index in [-0.39, 0.29) is 5.97 Å². The molecular weight excluding hydrogens is 502 g/mol. The molecule has 3 aromatic heterocycles. The molecule has 0 unspecified atom stereocenters. The quantitative estimate of drug-likeness (QED) is 0.145. The standard InChI is InChI=1S/C29H25N3O3S2/c1-2-34-27(33)15-12-23-18-32(31-28(23)26-9-6-16-36-26)17-21-10-13-25(14-11-21)35-19-24-20-37-29(30-24)22-7-4-3-5-8-22/h3-16,18,20H,2,17,19H2,1H3. The molecule has 5 aromatic rings. The van der Waals surface area contributed by atoms with E-state index in [1.54, 1.807) is 35.7 Å². The molecule has 5 rings (SSSR count). The maximum Gasteiger partial charge on any atom is 0.330 e. The Morgan fingerprint density at radius 1 is 1.03 bits per heavy atom. The van der Waals surface area contributed by atoms with Crippen LogP contribution in [0.2, 0.25) is 0 Å². The van der Waals surface area contributed by atoms with Crippen LogP contribution in [0.5, 0.6) is 5.75 Å². The van der Waals surface area contributed by atoms with Gasteiger partial charge < -0.3 is 9.47 Å². The van der Waals surface area contributed by atoms with Crippen molar-refractivity contribution in [1.82, 2.24) is 14.8 Å². The van der Waals surface area contributed by atoms with Crippen molar-refractivity contribution in [1.29, 1.82) is 0 Å². The third kappa shape index (κ3) is 6.41. The first kappa shape index (κ1) is 24.7. The number of hydrogen-bond acceptors (Lipinski definition) is 7. The Kier molecular flexibility index (Phi) is 7.88. The second-order valence-electron chi connectivity index (χ2n) is 8.14. The summed E-state index contributed by atoms with van der Waals surface area (Å²) in [4.78, 5) is 17.5. The predicted octanol–water partition coefficient (Wildman–Crippen LogP) is 6.94. The van der Waals surface area contributed by atoms with E-state index in [2.05, 4.69) is 17.1 Å². The van der Waals surface area contributed by atoms with E-state index >= 15 is 0 Å². The van der Waals surface area contributed by atoms with Gasteiger partial charge in [-0.3, -0.25) is 4.68 Å². The molecule has 0 aliphatic rings. The molecule has 6 nitrogen and oxygen atoms in total. The number of benzene rings is 2. The fourth-order valence-electron chi connectivity index (χ4n) is 3.71. The van der Waals surface area contributed by atoms with E-state index in [1.165, 1.54) is 6.08 Å². The van der Waals surface area contributed by atoms with Crippen LogP contribution in [0.1, 0.15) is 23.7 Å². The van der Waals surface area contributed by atoms with Crippen molar-refractivity contribution in [2.24, 2.45) is 0 Å². The number of carbonyl (C=O) groups is 1. The summed E-state index contributed by atoms with van der Waals surface area (Å²) in [5.74, 6) is 0.424. The average Bonchev–Trinajstić information content (AvgIpc) is 3.69. The molecule has 0 spiro atoms. The zero-order valence-corrected chi connectivity index (χ0v) is 21.9. The van der Waals surface area contributed by atoms with Crippen LogP contribution in [0.4, 0.5) is 0 Å². The fraction of sp³-hybridized carbons (Fsp3) is 0.138. The van der Waals surface area contributed by atoms with Gasteiger partial charge in [-0.15, -0.1) is 22.7 Å². The molecule has 0 bridgehead atoms. The third-order valence-corrected chi connectivity index (χ3v) is 7.27. The molecule has 0 aliphatic heterocycles. The smallest absolute Gasteiger partial charge is 0.330 e. The van der Waals surface area contributed by atoms with E-state index in [4.69, 9.17) is 14.6 Å². The molecule has 0 saturated heterocycles. The van der Waals surface area contributed by atoms with E-state index in [0.29, 0.717) is 19.8 Å². The lowest BCUT2D eigenvalue weighted by Crippen LogP contribution is -2.01. The first-order chi connectivity index (χ1) is 18.2. The fourth-order valence-corrected chi connectivity index (χ4v) is 5.26. The van der Waals surface area contributed by atoms with Crippen molar-refractivity contribution in [3.63, 3.8) is 0 Å². The summed E-state index contributed by atoms with van der Waals surface area (Å²) in [6.07, 6.45) is 5.15. The monoisotopic (exact) mass is 527 g/mol. The summed E-state index contributed by atoms with van der Waals surface area (Å²) in [5, 5.41) is 9.82. The number of nitrogens with zero attached hydrogens (tertiary/aromatic N) is 3. The minimum absolute atomic E-state index is 0.346. The number of esters is 1. The molecule has 0 aliphatic carbocycles. The highest BCUT2D eigenvalue weighted by atomic mass is 32.1. The lowest BCUT2D eigenvalue weighted by atomic mass is 10.2. The van der Waals surface area contributed by atoms with Crippen molar-refractivity contribution >= 4 is 34.7 Å². The molecule has 8 heteroatoms. The summed E-state index contributed by atoms with van der Waals surface area (Å²) in [7, 11) is 0. The number of carbonyl (C=O) groups excluding carboxylic acids is 1. The average molecular weight is 528 g/mol. The SMILES string of the molecule is CCOC(=O)C=Cc1cn(Cc2ccc(OCc3csc(-c4ccccc4)n3)cc2)nc1-c1cccs1. The Labute approximate surface area is 223 Å². The number of ether oxygens (including phenoxy) is 2. The van der Waals surface area contributed by atoms with Gasteiger partial charge in [0.25, 0.3) is 0 Å². The first-order valence-corrected chi connectivity index (χ1v) is 13.6. The van der Waals surface area contributed by atoms with Crippen molar-refractivity contribution < 1.29 is 14.3 Å². The number of hydrogen-bond donors (Lipinski definition) is 0. The van der Waals surface area contributed by atoms with Crippen LogP contribution in [0.15, 0.2) is 89.8 Å². The van der Waals surface area contributed by atoms with Gasteiger partial charge in [0.1, 0.15) is 23.1 Å². The topological polar surface area (TPSA) is 66.2 Å². The van der Waals surface area contributed by atoms with Gasteiger partial charge in [0.15, 0.2) is 0 Å². The van der Waals surface area contributed by atoms with Gasteiger partial charge in [-0.25, -0.2) is 9.78 Å². The predicted molar refractivity (Wildman–Crippen MR) is 149 cm³/mol. The van der Waals surface area contributed by atoms with Gasteiger partial charge in [-0.1, -0.05) is 48.5 Å². The van der Waals surface area contributed by atoms with Crippen LogP contribution in [0, 0.1) is 0 Å². The first-order valence-electron chi connectivity index (χ1n) is 11.9. The van der Waals surface area contributed by atoms with Gasteiger partial charge in [0.05, 0.1) is 23.7 Å². The Morgan fingerprint density at radius 2 is 1.86 bits per heavy atom. The molecule has 0 atom stereocenters. The normalized spacial score (nSPS) is 11.2. The molecule has 3 heterocycles.